The van der Waals surface area contributed by atoms with Crippen LogP contribution < -0.4 is 10.2 Å². The highest BCUT2D eigenvalue weighted by Crippen LogP contribution is 2.32. The molecule has 4 nitrogen and oxygen atoms in total. The number of carbonyl (C=O) groups is 2. The number of amides is 2. The number of unbranched alkanes of at least 4 members (excludes halogenated alkanes) is 1. The highest BCUT2D eigenvalue weighted by molar-refractivity contribution is 8.16. The maximum atomic E-state index is 12.6. The van der Waals surface area contributed by atoms with Crippen molar-refractivity contribution in [3.63, 3.8) is 0 Å². The van der Waals surface area contributed by atoms with E-state index in [9.17, 15) is 9.59 Å². The van der Waals surface area contributed by atoms with Crippen molar-refractivity contribution in [3.05, 3.63) is 60.2 Å². The number of imide groups is 1. The topological polar surface area (TPSA) is 49.4 Å². The summed E-state index contributed by atoms with van der Waals surface area (Å²) in [7, 11) is 0. The van der Waals surface area contributed by atoms with E-state index in [1.54, 1.807) is 12.1 Å². The molecule has 0 aromatic heterocycles. The van der Waals surface area contributed by atoms with E-state index in [2.05, 4.69) is 24.4 Å². The van der Waals surface area contributed by atoms with Gasteiger partial charge < -0.3 is 5.32 Å². The molecule has 2 amide bonds. The van der Waals surface area contributed by atoms with Crippen LogP contribution in [0.2, 0.25) is 0 Å². The molecule has 2 aromatic rings. The lowest BCUT2D eigenvalue weighted by atomic mass is 10.1. The first-order valence-corrected chi connectivity index (χ1v) is 9.02. The number of anilines is 2. The molecule has 3 rings (SSSR count). The van der Waals surface area contributed by atoms with Crippen molar-refractivity contribution in [2.45, 2.75) is 31.6 Å². The van der Waals surface area contributed by atoms with Crippen LogP contribution in [0, 0.1) is 0 Å². The van der Waals surface area contributed by atoms with Gasteiger partial charge in [-0.1, -0.05) is 43.7 Å². The van der Waals surface area contributed by atoms with E-state index in [-0.39, 0.29) is 11.1 Å². The summed E-state index contributed by atoms with van der Waals surface area (Å²) in [4.78, 5) is 26.0. The minimum Gasteiger partial charge on any atom is -0.365 e. The van der Waals surface area contributed by atoms with E-state index in [0.29, 0.717) is 5.69 Å². The van der Waals surface area contributed by atoms with Crippen molar-refractivity contribution in [3.8, 4) is 0 Å². The molecule has 1 aliphatic rings. The van der Waals surface area contributed by atoms with Crippen molar-refractivity contribution in [2.24, 2.45) is 0 Å². The Morgan fingerprint density at radius 1 is 1.04 bits per heavy atom. The molecule has 24 heavy (non-hydrogen) atoms. The molecule has 1 aliphatic heterocycles. The van der Waals surface area contributed by atoms with Gasteiger partial charge in [-0.05, 0) is 54.4 Å². The Balaban J connectivity index is 1.68. The SMILES string of the molecule is CCCCc1ccc(NC2SC(=O)N(c3ccccc3)C2=O)cc1. The molecule has 1 atom stereocenters. The largest absolute Gasteiger partial charge is 0.365 e. The number of hydrogen-bond donors (Lipinski definition) is 1. The lowest BCUT2D eigenvalue weighted by Gasteiger charge is -2.15. The van der Waals surface area contributed by atoms with Crippen LogP contribution in [0.3, 0.4) is 0 Å². The fraction of sp³-hybridized carbons (Fsp3) is 0.263. The van der Waals surface area contributed by atoms with Crippen LogP contribution in [0.1, 0.15) is 25.3 Å². The van der Waals surface area contributed by atoms with Crippen LogP contribution in [0.5, 0.6) is 0 Å². The smallest absolute Gasteiger partial charge is 0.295 e. The lowest BCUT2D eigenvalue weighted by molar-refractivity contribution is -0.116. The number of hydrogen-bond acceptors (Lipinski definition) is 4. The van der Waals surface area contributed by atoms with Crippen LogP contribution in [0.15, 0.2) is 54.6 Å². The fourth-order valence-electron chi connectivity index (χ4n) is 2.61. The second kappa shape index (κ2) is 7.53. The van der Waals surface area contributed by atoms with Crippen molar-refractivity contribution in [1.82, 2.24) is 0 Å². The first kappa shape index (κ1) is 16.6. The van der Waals surface area contributed by atoms with E-state index in [4.69, 9.17) is 0 Å². The third-order valence-corrected chi connectivity index (χ3v) is 4.87. The van der Waals surface area contributed by atoms with Crippen molar-refractivity contribution in [1.29, 1.82) is 0 Å². The van der Waals surface area contributed by atoms with Gasteiger partial charge in [0.05, 0.1) is 5.69 Å². The normalized spacial score (nSPS) is 17.4. The maximum Gasteiger partial charge on any atom is 0.295 e. The Labute approximate surface area is 146 Å². The molecular weight excluding hydrogens is 320 g/mol. The summed E-state index contributed by atoms with van der Waals surface area (Å²) >= 11 is 1.02. The first-order chi connectivity index (χ1) is 11.7. The molecule has 1 heterocycles. The second-order valence-corrected chi connectivity index (χ2v) is 6.77. The number of carbonyl (C=O) groups excluding carboxylic acids is 2. The van der Waals surface area contributed by atoms with Crippen molar-refractivity contribution in [2.75, 3.05) is 10.2 Å². The van der Waals surface area contributed by atoms with E-state index in [0.717, 1.165) is 23.9 Å². The van der Waals surface area contributed by atoms with Gasteiger partial charge in [-0.25, -0.2) is 4.90 Å². The molecular formula is C19H20N2O2S. The summed E-state index contributed by atoms with van der Waals surface area (Å²) in [6.45, 7) is 2.17. The fourth-order valence-corrected chi connectivity index (χ4v) is 3.52. The molecule has 1 unspecified atom stereocenters. The van der Waals surface area contributed by atoms with Crippen LogP contribution in [0.25, 0.3) is 0 Å². The Bertz CT molecular complexity index is 716. The van der Waals surface area contributed by atoms with Crippen LogP contribution in [-0.2, 0) is 11.2 Å². The summed E-state index contributed by atoms with van der Waals surface area (Å²) in [6, 6.07) is 17.1. The van der Waals surface area contributed by atoms with Gasteiger partial charge in [0.25, 0.3) is 11.1 Å². The minimum atomic E-state index is -0.584. The van der Waals surface area contributed by atoms with Gasteiger partial charge >= 0.3 is 0 Å². The summed E-state index contributed by atoms with van der Waals surface area (Å²) in [5, 5.41) is 2.32. The molecule has 5 heteroatoms. The van der Waals surface area contributed by atoms with E-state index < -0.39 is 5.37 Å². The standard InChI is InChI=1S/C19H20N2O2S/c1-2-3-7-14-10-12-15(13-11-14)20-17-18(22)21(19(23)24-17)16-8-5-4-6-9-16/h4-6,8-13,17,20H,2-3,7H2,1H3. The van der Waals surface area contributed by atoms with Gasteiger partial charge in [0.2, 0.25) is 0 Å². The molecule has 0 saturated carbocycles. The minimum absolute atomic E-state index is 0.230. The average Bonchev–Trinajstić information content (AvgIpc) is 2.88. The van der Waals surface area contributed by atoms with Gasteiger partial charge in [-0.15, -0.1) is 0 Å². The Morgan fingerprint density at radius 3 is 2.42 bits per heavy atom. The average molecular weight is 340 g/mol. The zero-order valence-corrected chi connectivity index (χ0v) is 14.4. The van der Waals surface area contributed by atoms with E-state index in [1.807, 2.05) is 30.3 Å². The summed E-state index contributed by atoms with van der Waals surface area (Å²) < 4.78 is 0. The number of aryl methyl sites for hydroxylation is 1. The maximum absolute atomic E-state index is 12.6. The van der Waals surface area contributed by atoms with Crippen molar-refractivity contribution >= 4 is 34.3 Å². The predicted molar refractivity (Wildman–Crippen MR) is 99.4 cm³/mol. The van der Waals surface area contributed by atoms with E-state index >= 15 is 0 Å². The Morgan fingerprint density at radius 2 is 1.75 bits per heavy atom. The molecule has 1 N–H and O–H groups in total. The van der Waals surface area contributed by atoms with E-state index in [1.165, 1.54) is 23.3 Å². The van der Waals surface area contributed by atoms with Gasteiger partial charge in [-0.3, -0.25) is 9.59 Å². The van der Waals surface area contributed by atoms with Gasteiger partial charge in [0.1, 0.15) is 0 Å². The molecule has 1 saturated heterocycles. The highest BCUT2D eigenvalue weighted by Gasteiger charge is 2.40. The number of nitrogens with zero attached hydrogens (tertiary/aromatic N) is 1. The van der Waals surface area contributed by atoms with Gasteiger partial charge in [0.15, 0.2) is 5.37 Å². The number of para-hydroxylation sites is 1. The quantitative estimate of drug-likeness (QED) is 0.830. The van der Waals surface area contributed by atoms with Gasteiger partial charge in [0, 0.05) is 5.69 Å². The molecule has 0 aliphatic carbocycles. The second-order valence-electron chi connectivity index (χ2n) is 5.72. The zero-order valence-electron chi connectivity index (χ0n) is 13.6. The monoisotopic (exact) mass is 340 g/mol. The molecule has 0 radical (unpaired) electrons. The first-order valence-electron chi connectivity index (χ1n) is 8.14. The van der Waals surface area contributed by atoms with Gasteiger partial charge in [-0.2, -0.15) is 0 Å². The Kier molecular flexibility index (Phi) is 5.20. The summed E-state index contributed by atoms with van der Waals surface area (Å²) in [6.07, 6.45) is 3.41. The number of rotatable bonds is 6. The molecule has 0 bridgehead atoms. The third-order valence-electron chi connectivity index (χ3n) is 3.93. The number of nitrogens with one attached hydrogen (secondary N) is 1. The predicted octanol–water partition coefficient (Wildman–Crippen LogP) is 4.67. The molecule has 0 spiro atoms. The highest BCUT2D eigenvalue weighted by atomic mass is 32.2. The lowest BCUT2D eigenvalue weighted by Crippen LogP contribution is -2.34. The molecule has 1 fully saturated rings. The van der Waals surface area contributed by atoms with Crippen LogP contribution in [0.4, 0.5) is 16.2 Å². The Hall–Kier alpha value is -2.27. The zero-order chi connectivity index (χ0) is 16.9. The van der Waals surface area contributed by atoms with Crippen LogP contribution in [-0.4, -0.2) is 16.5 Å². The summed E-state index contributed by atoms with van der Waals surface area (Å²) in [5.41, 5.74) is 2.75. The van der Waals surface area contributed by atoms with Crippen LogP contribution >= 0.6 is 11.8 Å². The number of benzene rings is 2. The molecule has 124 valence electrons. The molecule has 2 aromatic carbocycles. The third kappa shape index (κ3) is 3.62. The number of thioether (sulfide) groups is 1. The summed E-state index contributed by atoms with van der Waals surface area (Å²) in [5.74, 6) is -0.230. The van der Waals surface area contributed by atoms with Crippen molar-refractivity contribution < 1.29 is 9.59 Å².